The smallest absolute Gasteiger partial charge is 0.274 e. The molecule has 0 radical (unpaired) electrons. The van der Waals surface area contributed by atoms with E-state index in [0.29, 0.717) is 12.2 Å². The van der Waals surface area contributed by atoms with Gasteiger partial charge in [0.15, 0.2) is 6.10 Å². The van der Waals surface area contributed by atoms with Gasteiger partial charge in [0.2, 0.25) is 0 Å². The highest BCUT2D eigenvalue weighted by Gasteiger charge is 2.18. The van der Waals surface area contributed by atoms with E-state index in [9.17, 15) is 4.79 Å². The van der Waals surface area contributed by atoms with Gasteiger partial charge in [-0.15, -0.1) is 0 Å². The Labute approximate surface area is 103 Å². The third kappa shape index (κ3) is 3.83. The first-order valence-electron chi connectivity index (χ1n) is 5.10. The second-order valence-electron chi connectivity index (χ2n) is 3.36. The van der Waals surface area contributed by atoms with Crippen molar-refractivity contribution in [2.24, 2.45) is 5.84 Å². The predicted octanol–water partition coefficient (Wildman–Crippen LogP) is 1.99. The Hall–Kier alpha value is -1.07. The molecule has 1 amide bonds. The zero-order chi connectivity index (χ0) is 12.0. The number of benzene rings is 1. The first kappa shape index (κ1) is 13.0. The maximum Gasteiger partial charge on any atom is 0.274 e. The normalized spacial score (nSPS) is 11.9. The molecule has 5 heteroatoms. The van der Waals surface area contributed by atoms with Crippen molar-refractivity contribution in [1.29, 1.82) is 0 Å². The van der Waals surface area contributed by atoms with Crippen molar-refractivity contribution >= 4 is 21.8 Å². The van der Waals surface area contributed by atoms with Crippen molar-refractivity contribution in [3.05, 3.63) is 28.7 Å². The molecule has 0 aliphatic rings. The topological polar surface area (TPSA) is 64.3 Å². The van der Waals surface area contributed by atoms with Crippen LogP contribution in [0.2, 0.25) is 0 Å². The number of carbonyl (C=O) groups excluding carboxylic acids is 1. The summed E-state index contributed by atoms with van der Waals surface area (Å²) < 4.78 is 6.52. The molecule has 0 fully saturated rings. The van der Waals surface area contributed by atoms with Crippen molar-refractivity contribution in [3.63, 3.8) is 0 Å². The average molecular weight is 287 g/mol. The van der Waals surface area contributed by atoms with Gasteiger partial charge in [-0.1, -0.05) is 29.3 Å². The van der Waals surface area contributed by atoms with Gasteiger partial charge in [0, 0.05) is 4.47 Å². The van der Waals surface area contributed by atoms with Crippen LogP contribution in [0.25, 0.3) is 0 Å². The van der Waals surface area contributed by atoms with E-state index in [1.807, 2.05) is 19.1 Å². The molecule has 16 heavy (non-hydrogen) atoms. The Morgan fingerprint density at radius 1 is 1.50 bits per heavy atom. The fourth-order valence-corrected chi connectivity index (χ4v) is 1.54. The van der Waals surface area contributed by atoms with E-state index < -0.39 is 6.10 Å². The van der Waals surface area contributed by atoms with E-state index in [4.69, 9.17) is 10.6 Å². The molecule has 1 aromatic carbocycles. The van der Waals surface area contributed by atoms with Crippen LogP contribution in [0.5, 0.6) is 5.75 Å². The van der Waals surface area contributed by atoms with E-state index in [0.717, 1.165) is 10.9 Å². The molecular formula is C11H15BrN2O2. The molecule has 0 saturated carbocycles. The zero-order valence-electron chi connectivity index (χ0n) is 9.07. The number of rotatable bonds is 5. The molecule has 4 nitrogen and oxygen atoms in total. The summed E-state index contributed by atoms with van der Waals surface area (Å²) in [6.45, 7) is 1.99. The van der Waals surface area contributed by atoms with Crippen LogP contribution < -0.4 is 16.0 Å². The maximum absolute atomic E-state index is 11.4. The lowest BCUT2D eigenvalue weighted by atomic mass is 10.2. The molecule has 0 aliphatic heterocycles. The Balaban J connectivity index is 2.67. The Bertz CT molecular complexity index is 340. The van der Waals surface area contributed by atoms with Crippen LogP contribution in [-0.2, 0) is 4.79 Å². The van der Waals surface area contributed by atoms with Gasteiger partial charge in [-0.05, 0) is 30.7 Å². The number of nitrogens with one attached hydrogen (secondary N) is 1. The van der Waals surface area contributed by atoms with Gasteiger partial charge in [-0.25, -0.2) is 5.84 Å². The molecule has 0 spiro atoms. The van der Waals surface area contributed by atoms with E-state index in [1.54, 1.807) is 12.1 Å². The summed E-state index contributed by atoms with van der Waals surface area (Å²) in [5, 5.41) is 0. The van der Waals surface area contributed by atoms with E-state index in [1.165, 1.54) is 0 Å². The monoisotopic (exact) mass is 286 g/mol. The van der Waals surface area contributed by atoms with Crippen LogP contribution in [-0.4, -0.2) is 12.0 Å². The molecular weight excluding hydrogens is 272 g/mol. The fraction of sp³-hybridized carbons (Fsp3) is 0.364. The number of hydrogen-bond acceptors (Lipinski definition) is 3. The van der Waals surface area contributed by atoms with Crippen LogP contribution in [0, 0.1) is 0 Å². The molecule has 0 unspecified atom stereocenters. The standard InChI is InChI=1S/C11H15BrN2O2/c1-2-3-10(11(15)14-13)16-9-6-4-8(12)5-7-9/h4-7,10H,2-3,13H2,1H3,(H,14,15)/t10-/m0/s1. The zero-order valence-corrected chi connectivity index (χ0v) is 10.7. The van der Waals surface area contributed by atoms with E-state index in [-0.39, 0.29) is 5.91 Å². The highest BCUT2D eigenvalue weighted by atomic mass is 79.9. The lowest BCUT2D eigenvalue weighted by Gasteiger charge is -2.16. The molecule has 0 heterocycles. The van der Waals surface area contributed by atoms with Gasteiger partial charge in [-0.2, -0.15) is 0 Å². The molecule has 0 bridgehead atoms. The van der Waals surface area contributed by atoms with Crippen LogP contribution in [0.1, 0.15) is 19.8 Å². The number of amides is 1. The minimum absolute atomic E-state index is 0.301. The number of carbonyl (C=O) groups is 1. The Morgan fingerprint density at radius 3 is 2.62 bits per heavy atom. The van der Waals surface area contributed by atoms with Crippen LogP contribution in [0.3, 0.4) is 0 Å². The number of hydrazine groups is 1. The Morgan fingerprint density at radius 2 is 2.12 bits per heavy atom. The molecule has 1 aromatic rings. The molecule has 3 N–H and O–H groups in total. The van der Waals surface area contributed by atoms with Gasteiger partial charge in [0.05, 0.1) is 0 Å². The molecule has 0 aliphatic carbocycles. The quantitative estimate of drug-likeness (QED) is 0.494. The van der Waals surface area contributed by atoms with Crippen molar-refractivity contribution in [1.82, 2.24) is 5.43 Å². The molecule has 0 aromatic heterocycles. The molecule has 88 valence electrons. The van der Waals surface area contributed by atoms with Crippen LogP contribution >= 0.6 is 15.9 Å². The minimum atomic E-state index is -0.531. The van der Waals surface area contributed by atoms with Gasteiger partial charge >= 0.3 is 0 Å². The number of nitrogens with two attached hydrogens (primary N) is 1. The SMILES string of the molecule is CCC[C@H](Oc1ccc(Br)cc1)C(=O)NN. The predicted molar refractivity (Wildman–Crippen MR) is 65.8 cm³/mol. The maximum atomic E-state index is 11.4. The minimum Gasteiger partial charge on any atom is -0.481 e. The first-order valence-corrected chi connectivity index (χ1v) is 5.89. The number of hydrogen-bond donors (Lipinski definition) is 2. The lowest BCUT2D eigenvalue weighted by molar-refractivity contribution is -0.128. The van der Waals surface area contributed by atoms with Crippen molar-refractivity contribution in [2.45, 2.75) is 25.9 Å². The van der Waals surface area contributed by atoms with Crippen LogP contribution in [0.4, 0.5) is 0 Å². The molecule has 0 saturated heterocycles. The second kappa shape index (κ2) is 6.50. The average Bonchev–Trinajstić information content (AvgIpc) is 2.30. The number of ether oxygens (including phenoxy) is 1. The molecule has 1 rings (SSSR count). The largest absolute Gasteiger partial charge is 0.481 e. The van der Waals surface area contributed by atoms with Gasteiger partial charge < -0.3 is 4.74 Å². The highest BCUT2D eigenvalue weighted by Crippen LogP contribution is 2.18. The summed E-state index contributed by atoms with van der Waals surface area (Å²) >= 11 is 3.33. The van der Waals surface area contributed by atoms with Crippen LogP contribution in [0.15, 0.2) is 28.7 Å². The second-order valence-corrected chi connectivity index (χ2v) is 4.27. The number of halogens is 1. The molecule has 1 atom stereocenters. The Kier molecular flexibility index (Phi) is 5.28. The first-order chi connectivity index (χ1) is 7.67. The van der Waals surface area contributed by atoms with Crippen molar-refractivity contribution in [2.75, 3.05) is 0 Å². The van der Waals surface area contributed by atoms with Crippen molar-refractivity contribution < 1.29 is 9.53 Å². The summed E-state index contributed by atoms with van der Waals surface area (Å²) in [6, 6.07) is 7.32. The third-order valence-electron chi connectivity index (χ3n) is 2.08. The summed E-state index contributed by atoms with van der Waals surface area (Å²) in [5.41, 5.74) is 2.11. The van der Waals surface area contributed by atoms with Gasteiger partial charge in [-0.3, -0.25) is 10.2 Å². The lowest BCUT2D eigenvalue weighted by Crippen LogP contribution is -2.42. The van der Waals surface area contributed by atoms with E-state index >= 15 is 0 Å². The highest BCUT2D eigenvalue weighted by molar-refractivity contribution is 9.10. The van der Waals surface area contributed by atoms with Crippen molar-refractivity contribution in [3.8, 4) is 5.75 Å². The van der Waals surface area contributed by atoms with Gasteiger partial charge in [0.25, 0.3) is 5.91 Å². The van der Waals surface area contributed by atoms with Gasteiger partial charge in [0.1, 0.15) is 5.75 Å². The summed E-state index contributed by atoms with van der Waals surface area (Å²) in [7, 11) is 0. The summed E-state index contributed by atoms with van der Waals surface area (Å²) in [4.78, 5) is 11.4. The summed E-state index contributed by atoms with van der Waals surface area (Å²) in [6.07, 6.45) is 0.962. The third-order valence-corrected chi connectivity index (χ3v) is 2.61. The fourth-order valence-electron chi connectivity index (χ4n) is 1.28. The summed E-state index contributed by atoms with van der Waals surface area (Å²) in [5.74, 6) is 5.45. The van der Waals surface area contributed by atoms with E-state index in [2.05, 4.69) is 21.4 Å².